The highest BCUT2D eigenvalue weighted by Gasteiger charge is 2.26. The maximum Gasteiger partial charge on any atom is 0.310 e. The molecular formula is C21H25NO6S. The normalized spacial score (nSPS) is 15.1. The number of rotatable bonds is 7. The van der Waals surface area contributed by atoms with E-state index in [1.54, 1.807) is 31.4 Å². The molecule has 0 aliphatic carbocycles. The summed E-state index contributed by atoms with van der Waals surface area (Å²) in [6.45, 7) is 3.38. The van der Waals surface area contributed by atoms with E-state index in [0.717, 1.165) is 11.1 Å². The molecule has 0 aromatic heterocycles. The molecule has 0 radical (unpaired) electrons. The molecular weight excluding hydrogens is 394 g/mol. The van der Waals surface area contributed by atoms with Gasteiger partial charge in [0.1, 0.15) is 12.4 Å². The molecule has 0 spiro atoms. The molecule has 2 aromatic rings. The number of esters is 1. The molecule has 0 bridgehead atoms. The molecule has 1 aliphatic rings. The lowest BCUT2D eigenvalue weighted by Gasteiger charge is -2.26. The number of nitrogens with zero attached hydrogens (tertiary/aromatic N) is 1. The lowest BCUT2D eigenvalue weighted by atomic mass is 10.1. The summed E-state index contributed by atoms with van der Waals surface area (Å²) in [5, 5.41) is 0. The zero-order chi connectivity index (χ0) is 20.9. The van der Waals surface area contributed by atoms with Crippen LogP contribution in [0.4, 0.5) is 0 Å². The molecule has 0 saturated carbocycles. The summed E-state index contributed by atoms with van der Waals surface area (Å²) in [6, 6.07) is 12.1. The van der Waals surface area contributed by atoms with Crippen molar-refractivity contribution in [2.45, 2.75) is 24.8 Å². The minimum atomic E-state index is -3.59. The fourth-order valence-electron chi connectivity index (χ4n) is 3.15. The van der Waals surface area contributed by atoms with Crippen LogP contribution in [0.3, 0.4) is 0 Å². The van der Waals surface area contributed by atoms with E-state index < -0.39 is 16.0 Å². The second kappa shape index (κ2) is 9.39. The fourth-order valence-corrected chi connectivity index (χ4v) is 4.63. The van der Waals surface area contributed by atoms with E-state index in [9.17, 15) is 13.2 Å². The molecule has 156 valence electrons. The van der Waals surface area contributed by atoms with Crippen molar-refractivity contribution in [3.63, 3.8) is 0 Å². The lowest BCUT2D eigenvalue weighted by Crippen LogP contribution is -2.40. The van der Waals surface area contributed by atoms with Crippen LogP contribution in [0.1, 0.15) is 16.7 Å². The van der Waals surface area contributed by atoms with E-state index in [1.807, 2.05) is 25.1 Å². The van der Waals surface area contributed by atoms with Gasteiger partial charge in [0.25, 0.3) is 0 Å². The first-order valence-electron chi connectivity index (χ1n) is 9.36. The molecule has 1 saturated heterocycles. The number of morpholine rings is 1. The Balaban J connectivity index is 1.65. The molecule has 8 heteroatoms. The predicted octanol–water partition coefficient (Wildman–Crippen LogP) is 2.31. The first-order valence-corrected chi connectivity index (χ1v) is 10.8. The zero-order valence-electron chi connectivity index (χ0n) is 16.6. The monoisotopic (exact) mass is 419 g/mol. The standard InChI is InChI=1S/C21H25NO6S/c1-16-6-7-20(26-2)18(12-16)14-21(23)28-15-17-4-3-5-19(13-17)29(24,25)22-8-10-27-11-9-22/h3-7,12-13H,8-11,14-15H2,1-2H3. The lowest BCUT2D eigenvalue weighted by molar-refractivity contribution is -0.144. The Bertz CT molecular complexity index is 967. The summed E-state index contributed by atoms with van der Waals surface area (Å²) in [5.41, 5.74) is 2.39. The molecule has 7 nitrogen and oxygen atoms in total. The first-order chi connectivity index (χ1) is 13.9. The Labute approximate surface area is 171 Å². The average Bonchev–Trinajstić information content (AvgIpc) is 2.73. The van der Waals surface area contributed by atoms with Gasteiger partial charge in [-0.05, 0) is 30.7 Å². The van der Waals surface area contributed by atoms with E-state index in [4.69, 9.17) is 14.2 Å². The van der Waals surface area contributed by atoms with E-state index in [0.29, 0.717) is 37.6 Å². The van der Waals surface area contributed by atoms with Gasteiger partial charge in [0.2, 0.25) is 10.0 Å². The Kier molecular flexibility index (Phi) is 6.89. The molecule has 0 N–H and O–H groups in total. The van der Waals surface area contributed by atoms with Gasteiger partial charge in [0.05, 0.1) is 31.6 Å². The van der Waals surface area contributed by atoms with Gasteiger partial charge < -0.3 is 14.2 Å². The smallest absolute Gasteiger partial charge is 0.310 e. The van der Waals surface area contributed by atoms with Gasteiger partial charge in [0, 0.05) is 18.7 Å². The number of hydrogen-bond donors (Lipinski definition) is 0. The van der Waals surface area contributed by atoms with Gasteiger partial charge in [0.15, 0.2) is 0 Å². The highest BCUT2D eigenvalue weighted by Crippen LogP contribution is 2.21. The van der Waals surface area contributed by atoms with Crippen molar-refractivity contribution in [2.75, 3.05) is 33.4 Å². The minimum Gasteiger partial charge on any atom is -0.496 e. The largest absolute Gasteiger partial charge is 0.496 e. The third kappa shape index (κ3) is 5.35. The molecule has 1 aliphatic heterocycles. The van der Waals surface area contributed by atoms with Crippen LogP contribution in [0.5, 0.6) is 5.75 Å². The number of methoxy groups -OCH3 is 1. The summed E-state index contributed by atoms with van der Waals surface area (Å²) in [7, 11) is -2.03. The van der Waals surface area contributed by atoms with Crippen molar-refractivity contribution in [3.05, 3.63) is 59.2 Å². The zero-order valence-corrected chi connectivity index (χ0v) is 17.4. The number of hydrogen-bond acceptors (Lipinski definition) is 6. The maximum atomic E-state index is 12.8. The van der Waals surface area contributed by atoms with Crippen LogP contribution in [0.25, 0.3) is 0 Å². The third-order valence-electron chi connectivity index (χ3n) is 4.68. The molecule has 2 aromatic carbocycles. The van der Waals surface area contributed by atoms with Crippen molar-refractivity contribution in [2.24, 2.45) is 0 Å². The second-order valence-electron chi connectivity index (χ2n) is 6.82. The van der Waals surface area contributed by atoms with Crippen molar-refractivity contribution in [1.82, 2.24) is 4.31 Å². The number of benzene rings is 2. The van der Waals surface area contributed by atoms with Crippen molar-refractivity contribution < 1.29 is 27.4 Å². The Morgan fingerprint density at radius 3 is 2.62 bits per heavy atom. The summed E-state index contributed by atoms with van der Waals surface area (Å²) in [4.78, 5) is 12.5. The molecule has 3 rings (SSSR count). The molecule has 0 atom stereocenters. The molecule has 1 heterocycles. The van der Waals surface area contributed by atoms with Crippen LogP contribution >= 0.6 is 0 Å². The van der Waals surface area contributed by atoms with Gasteiger partial charge in [-0.2, -0.15) is 4.31 Å². The van der Waals surface area contributed by atoms with E-state index in [2.05, 4.69) is 0 Å². The highest BCUT2D eigenvalue weighted by atomic mass is 32.2. The number of carbonyl (C=O) groups is 1. The minimum absolute atomic E-state index is 0.000560. The van der Waals surface area contributed by atoms with E-state index in [1.165, 1.54) is 4.31 Å². The van der Waals surface area contributed by atoms with E-state index in [-0.39, 0.29) is 17.9 Å². The van der Waals surface area contributed by atoms with Crippen LogP contribution < -0.4 is 4.74 Å². The van der Waals surface area contributed by atoms with Gasteiger partial charge in [-0.3, -0.25) is 4.79 Å². The van der Waals surface area contributed by atoms with Crippen LogP contribution in [0.15, 0.2) is 47.4 Å². The van der Waals surface area contributed by atoms with Crippen molar-refractivity contribution in [1.29, 1.82) is 0 Å². The van der Waals surface area contributed by atoms with Crippen LogP contribution in [0.2, 0.25) is 0 Å². The van der Waals surface area contributed by atoms with E-state index >= 15 is 0 Å². The molecule has 0 unspecified atom stereocenters. The summed E-state index contributed by atoms with van der Waals surface area (Å²) < 4.78 is 42.8. The summed E-state index contributed by atoms with van der Waals surface area (Å²) in [5.74, 6) is 0.224. The molecule has 29 heavy (non-hydrogen) atoms. The topological polar surface area (TPSA) is 82.1 Å². The molecule has 0 amide bonds. The van der Waals surface area contributed by atoms with Crippen LogP contribution in [0, 0.1) is 6.92 Å². The number of aryl methyl sites for hydroxylation is 1. The summed E-state index contributed by atoms with van der Waals surface area (Å²) >= 11 is 0. The van der Waals surface area contributed by atoms with Crippen molar-refractivity contribution in [3.8, 4) is 5.75 Å². The first kappa shape index (κ1) is 21.3. The van der Waals surface area contributed by atoms with Crippen LogP contribution in [-0.4, -0.2) is 52.1 Å². The van der Waals surface area contributed by atoms with Crippen molar-refractivity contribution >= 4 is 16.0 Å². The Morgan fingerprint density at radius 1 is 1.14 bits per heavy atom. The maximum absolute atomic E-state index is 12.8. The van der Waals surface area contributed by atoms with Gasteiger partial charge >= 0.3 is 5.97 Å². The highest BCUT2D eigenvalue weighted by molar-refractivity contribution is 7.89. The third-order valence-corrected chi connectivity index (χ3v) is 6.57. The number of carbonyl (C=O) groups excluding carboxylic acids is 1. The molecule has 1 fully saturated rings. The quantitative estimate of drug-likeness (QED) is 0.641. The average molecular weight is 419 g/mol. The number of ether oxygens (including phenoxy) is 3. The van der Waals surface area contributed by atoms with Crippen LogP contribution in [-0.2, 0) is 37.3 Å². The summed E-state index contributed by atoms with van der Waals surface area (Å²) in [6.07, 6.45) is 0.0800. The van der Waals surface area contributed by atoms with Gasteiger partial charge in [-0.15, -0.1) is 0 Å². The second-order valence-corrected chi connectivity index (χ2v) is 8.75. The Hall–Kier alpha value is -2.42. The number of sulfonamides is 1. The fraction of sp³-hybridized carbons (Fsp3) is 0.381. The predicted molar refractivity (Wildman–Crippen MR) is 107 cm³/mol. The Morgan fingerprint density at radius 2 is 1.90 bits per heavy atom. The SMILES string of the molecule is COc1ccc(C)cc1CC(=O)OCc1cccc(S(=O)(=O)N2CCOCC2)c1. The van der Waals surface area contributed by atoms with Gasteiger partial charge in [-0.1, -0.05) is 29.8 Å². The van der Waals surface area contributed by atoms with Gasteiger partial charge in [-0.25, -0.2) is 8.42 Å².